The number of benzene rings is 1. The van der Waals surface area contributed by atoms with Gasteiger partial charge in [0.25, 0.3) is 5.95 Å². The van der Waals surface area contributed by atoms with Gasteiger partial charge in [0.1, 0.15) is 11.0 Å². The monoisotopic (exact) mass is 448 g/mol. The molecular weight excluding hydrogens is 420 g/mol. The van der Waals surface area contributed by atoms with E-state index in [0.29, 0.717) is 16.7 Å². The number of rotatable bonds is 7. The second kappa shape index (κ2) is 9.25. The molecule has 1 N–H and O–H groups in total. The molecule has 0 aliphatic carbocycles. The Morgan fingerprint density at radius 2 is 1.72 bits per heavy atom. The third kappa shape index (κ3) is 4.32. The summed E-state index contributed by atoms with van der Waals surface area (Å²) in [4.78, 5) is 14.1. The lowest BCUT2D eigenvalue weighted by Gasteiger charge is -2.14. The quantitative estimate of drug-likeness (QED) is 0.329. The van der Waals surface area contributed by atoms with E-state index >= 15 is 0 Å². The number of aromatic nitrogens is 5. The number of nitrogens with one attached hydrogen (secondary N) is 1. The zero-order valence-electron chi connectivity index (χ0n) is 19.3. The van der Waals surface area contributed by atoms with Gasteiger partial charge in [-0.15, -0.1) is 0 Å². The predicted octanol–water partition coefficient (Wildman–Crippen LogP) is 6.44. The minimum atomic E-state index is 0.430. The standard InChI is InChI=1S/C25H29ClN6/c1-6-8-9-18-10-12-19(13-11-18)28-23-20(7-2)16(4)27-25(30-23)32-24-22(17(5)31-32)15(3)14-21(26)29-24/h10-14H,6-9H2,1-5H3,(H,27,28,30). The number of hydrogen-bond donors (Lipinski definition) is 1. The molecule has 3 aromatic heterocycles. The van der Waals surface area contributed by atoms with Crippen molar-refractivity contribution in [2.45, 2.75) is 60.3 Å². The number of anilines is 2. The van der Waals surface area contributed by atoms with Crippen LogP contribution in [-0.4, -0.2) is 24.7 Å². The van der Waals surface area contributed by atoms with E-state index in [4.69, 9.17) is 21.6 Å². The first-order valence-corrected chi connectivity index (χ1v) is 11.5. The molecule has 3 heterocycles. The molecule has 0 saturated carbocycles. The van der Waals surface area contributed by atoms with E-state index in [1.54, 1.807) is 4.68 Å². The van der Waals surface area contributed by atoms with Crippen molar-refractivity contribution in [3.63, 3.8) is 0 Å². The van der Waals surface area contributed by atoms with Gasteiger partial charge < -0.3 is 5.32 Å². The molecule has 1 aromatic carbocycles. The van der Waals surface area contributed by atoms with E-state index in [0.717, 1.165) is 52.2 Å². The lowest BCUT2D eigenvalue weighted by molar-refractivity contribution is 0.795. The van der Waals surface area contributed by atoms with E-state index in [9.17, 15) is 0 Å². The Balaban J connectivity index is 1.76. The summed E-state index contributed by atoms with van der Waals surface area (Å²) >= 11 is 6.25. The van der Waals surface area contributed by atoms with Crippen LogP contribution in [0.15, 0.2) is 30.3 Å². The highest BCUT2D eigenvalue weighted by Gasteiger charge is 2.18. The van der Waals surface area contributed by atoms with Crippen LogP contribution in [0.2, 0.25) is 5.15 Å². The molecular formula is C25H29ClN6. The fraction of sp³-hybridized carbons (Fsp3) is 0.360. The van der Waals surface area contributed by atoms with Crippen LogP contribution < -0.4 is 5.32 Å². The van der Waals surface area contributed by atoms with Gasteiger partial charge in [0.15, 0.2) is 5.65 Å². The summed E-state index contributed by atoms with van der Waals surface area (Å²) in [5, 5.41) is 9.60. The third-order valence-electron chi connectivity index (χ3n) is 5.76. The second-order valence-corrected chi connectivity index (χ2v) is 8.56. The molecule has 7 heteroatoms. The number of halogens is 1. The van der Waals surface area contributed by atoms with Crippen molar-refractivity contribution in [2.75, 3.05) is 5.32 Å². The highest BCUT2D eigenvalue weighted by atomic mass is 35.5. The van der Waals surface area contributed by atoms with Crippen molar-refractivity contribution >= 4 is 34.1 Å². The molecule has 0 radical (unpaired) electrons. The molecule has 0 bridgehead atoms. The fourth-order valence-electron chi connectivity index (χ4n) is 4.08. The van der Waals surface area contributed by atoms with Gasteiger partial charge in [-0.1, -0.05) is 44.0 Å². The minimum absolute atomic E-state index is 0.430. The van der Waals surface area contributed by atoms with Crippen molar-refractivity contribution < 1.29 is 0 Å². The van der Waals surface area contributed by atoms with Crippen LogP contribution in [0.4, 0.5) is 11.5 Å². The van der Waals surface area contributed by atoms with Gasteiger partial charge in [0, 0.05) is 22.3 Å². The average Bonchev–Trinajstić information content (AvgIpc) is 3.09. The molecule has 0 fully saturated rings. The summed E-state index contributed by atoms with van der Waals surface area (Å²) in [6, 6.07) is 10.4. The smallest absolute Gasteiger partial charge is 0.254 e. The van der Waals surface area contributed by atoms with Gasteiger partial charge in [-0.2, -0.15) is 14.8 Å². The maximum Gasteiger partial charge on any atom is 0.254 e. The summed E-state index contributed by atoms with van der Waals surface area (Å²) in [5.74, 6) is 1.27. The first-order valence-electron chi connectivity index (χ1n) is 11.2. The first kappa shape index (κ1) is 22.2. The summed E-state index contributed by atoms with van der Waals surface area (Å²) in [7, 11) is 0. The number of unbranched alkanes of at least 4 members (excludes halogenated alkanes) is 1. The Morgan fingerprint density at radius 1 is 0.969 bits per heavy atom. The number of fused-ring (bicyclic) bond motifs is 1. The molecule has 4 aromatic rings. The van der Waals surface area contributed by atoms with Gasteiger partial charge in [-0.25, -0.2) is 9.97 Å². The largest absolute Gasteiger partial charge is 0.340 e. The molecule has 0 amide bonds. The van der Waals surface area contributed by atoms with Crippen LogP contribution in [0.25, 0.3) is 17.0 Å². The van der Waals surface area contributed by atoms with Crippen molar-refractivity contribution in [3.05, 3.63) is 63.6 Å². The Morgan fingerprint density at radius 3 is 2.41 bits per heavy atom. The first-order chi connectivity index (χ1) is 15.4. The lowest BCUT2D eigenvalue weighted by atomic mass is 10.1. The Hall–Kier alpha value is -2.99. The Labute approximate surface area is 194 Å². The SMILES string of the molecule is CCCCc1ccc(Nc2nc(-n3nc(C)c4c(C)cc(Cl)nc43)nc(C)c2CC)cc1. The summed E-state index contributed by atoms with van der Waals surface area (Å²) < 4.78 is 1.69. The van der Waals surface area contributed by atoms with Gasteiger partial charge in [-0.3, -0.25) is 0 Å². The maximum atomic E-state index is 6.25. The van der Waals surface area contributed by atoms with Gasteiger partial charge >= 0.3 is 0 Å². The lowest BCUT2D eigenvalue weighted by Crippen LogP contribution is -2.10. The number of nitrogens with zero attached hydrogens (tertiary/aromatic N) is 5. The zero-order chi connectivity index (χ0) is 22.8. The number of pyridine rings is 1. The predicted molar refractivity (Wildman–Crippen MR) is 131 cm³/mol. The summed E-state index contributed by atoms with van der Waals surface area (Å²) in [5.41, 5.74) is 6.93. The summed E-state index contributed by atoms with van der Waals surface area (Å²) in [6.07, 6.45) is 4.33. The highest BCUT2D eigenvalue weighted by Crippen LogP contribution is 2.27. The molecule has 0 spiro atoms. The molecule has 6 nitrogen and oxygen atoms in total. The van der Waals surface area contributed by atoms with Gasteiger partial charge in [0.05, 0.1) is 5.69 Å². The molecule has 0 unspecified atom stereocenters. The molecule has 0 aliphatic rings. The van der Waals surface area contributed by atoms with Crippen LogP contribution in [0.1, 0.15) is 54.8 Å². The van der Waals surface area contributed by atoms with Crippen LogP contribution in [0.3, 0.4) is 0 Å². The van der Waals surface area contributed by atoms with Gasteiger partial charge in [0.2, 0.25) is 0 Å². The van der Waals surface area contributed by atoms with Crippen molar-refractivity contribution in [1.82, 2.24) is 24.7 Å². The number of hydrogen-bond acceptors (Lipinski definition) is 5. The van der Waals surface area contributed by atoms with Crippen LogP contribution in [0.5, 0.6) is 0 Å². The van der Waals surface area contributed by atoms with Crippen molar-refractivity contribution in [3.8, 4) is 5.95 Å². The van der Waals surface area contributed by atoms with E-state index in [1.807, 2.05) is 26.8 Å². The molecule has 4 rings (SSSR count). The van der Waals surface area contributed by atoms with Crippen LogP contribution >= 0.6 is 11.6 Å². The van der Waals surface area contributed by atoms with E-state index in [2.05, 4.69) is 53.5 Å². The molecule has 0 saturated heterocycles. The third-order valence-corrected chi connectivity index (χ3v) is 5.95. The van der Waals surface area contributed by atoms with E-state index in [-0.39, 0.29) is 0 Å². The molecule has 0 atom stereocenters. The zero-order valence-corrected chi connectivity index (χ0v) is 20.1. The van der Waals surface area contributed by atoms with Crippen LogP contribution in [0, 0.1) is 20.8 Å². The average molecular weight is 449 g/mol. The number of aryl methyl sites for hydroxylation is 4. The molecule has 32 heavy (non-hydrogen) atoms. The van der Waals surface area contributed by atoms with E-state index in [1.165, 1.54) is 18.4 Å². The highest BCUT2D eigenvalue weighted by molar-refractivity contribution is 6.29. The second-order valence-electron chi connectivity index (χ2n) is 8.17. The minimum Gasteiger partial charge on any atom is -0.340 e. The van der Waals surface area contributed by atoms with Gasteiger partial charge in [-0.05, 0) is 69.4 Å². The Kier molecular flexibility index (Phi) is 6.42. The summed E-state index contributed by atoms with van der Waals surface area (Å²) in [6.45, 7) is 10.3. The van der Waals surface area contributed by atoms with Crippen molar-refractivity contribution in [1.29, 1.82) is 0 Å². The topological polar surface area (TPSA) is 68.5 Å². The van der Waals surface area contributed by atoms with Crippen molar-refractivity contribution in [2.24, 2.45) is 0 Å². The molecule has 166 valence electrons. The fourth-order valence-corrected chi connectivity index (χ4v) is 4.32. The maximum absolute atomic E-state index is 6.25. The van der Waals surface area contributed by atoms with Crippen LogP contribution in [-0.2, 0) is 12.8 Å². The Bertz CT molecular complexity index is 1260. The molecule has 0 aliphatic heterocycles. The van der Waals surface area contributed by atoms with E-state index < -0.39 is 0 Å². The normalized spacial score (nSPS) is 11.3.